The van der Waals surface area contributed by atoms with Crippen LogP contribution in [0.2, 0.25) is 5.02 Å². The van der Waals surface area contributed by atoms with Gasteiger partial charge >= 0.3 is 6.01 Å². The molecule has 4 aromatic rings. The zero-order valence-corrected chi connectivity index (χ0v) is 24.6. The number of anilines is 1. The van der Waals surface area contributed by atoms with Crippen LogP contribution in [0, 0.1) is 12.7 Å². The molecular formula is C31H34ClF2N7O. The van der Waals surface area contributed by atoms with E-state index in [1.54, 1.807) is 16.9 Å². The number of aryl methyl sites for hydroxylation is 2. The summed E-state index contributed by atoms with van der Waals surface area (Å²) < 4.78 is 39.4. The molecule has 4 atom stereocenters. The van der Waals surface area contributed by atoms with E-state index in [9.17, 15) is 4.39 Å². The number of halogens is 3. The van der Waals surface area contributed by atoms with Crippen molar-refractivity contribution in [3.05, 3.63) is 40.8 Å². The third-order valence-corrected chi connectivity index (χ3v) is 10.2. The molecular weight excluding hydrogens is 560 g/mol. The van der Waals surface area contributed by atoms with E-state index in [1.807, 2.05) is 26.1 Å². The minimum Gasteiger partial charge on any atom is -0.461 e. The van der Waals surface area contributed by atoms with Crippen LogP contribution in [0.5, 0.6) is 6.01 Å². The van der Waals surface area contributed by atoms with Crippen LogP contribution in [0.15, 0.2) is 24.4 Å². The van der Waals surface area contributed by atoms with Crippen LogP contribution in [-0.4, -0.2) is 81.2 Å². The van der Waals surface area contributed by atoms with E-state index in [0.29, 0.717) is 52.4 Å². The first-order valence-electron chi connectivity index (χ1n) is 14.9. The Morgan fingerprint density at radius 2 is 1.95 bits per heavy atom. The van der Waals surface area contributed by atoms with Gasteiger partial charge in [0.1, 0.15) is 24.1 Å². The topological polar surface area (TPSA) is 71.3 Å². The van der Waals surface area contributed by atoms with E-state index < -0.39 is 12.0 Å². The molecule has 0 saturated carbocycles. The number of piperazine rings is 1. The van der Waals surface area contributed by atoms with Crippen LogP contribution in [0.4, 0.5) is 14.6 Å². The second-order valence-electron chi connectivity index (χ2n) is 12.6. The Bertz CT molecular complexity index is 1720. The monoisotopic (exact) mass is 593 g/mol. The average molecular weight is 594 g/mol. The Kier molecular flexibility index (Phi) is 6.14. The summed E-state index contributed by atoms with van der Waals surface area (Å²) in [5, 5.41) is 9.83. The maximum Gasteiger partial charge on any atom is 0.319 e. The largest absolute Gasteiger partial charge is 0.461 e. The molecule has 4 fully saturated rings. The summed E-state index contributed by atoms with van der Waals surface area (Å²) in [5.74, 6) is 0.123. The van der Waals surface area contributed by atoms with E-state index in [2.05, 4.69) is 25.2 Å². The van der Waals surface area contributed by atoms with Gasteiger partial charge in [0.2, 0.25) is 0 Å². The van der Waals surface area contributed by atoms with Crippen molar-refractivity contribution < 1.29 is 13.5 Å². The van der Waals surface area contributed by atoms with Crippen LogP contribution in [0.1, 0.15) is 37.7 Å². The van der Waals surface area contributed by atoms with Crippen molar-refractivity contribution in [3.63, 3.8) is 0 Å². The summed E-state index contributed by atoms with van der Waals surface area (Å²) in [7, 11) is 1.85. The Labute approximate surface area is 248 Å². The smallest absolute Gasteiger partial charge is 0.319 e. The van der Waals surface area contributed by atoms with Gasteiger partial charge in [-0.05, 0) is 50.8 Å². The molecule has 4 aliphatic heterocycles. The van der Waals surface area contributed by atoms with Gasteiger partial charge < -0.3 is 15.0 Å². The van der Waals surface area contributed by atoms with Gasteiger partial charge in [-0.2, -0.15) is 15.1 Å². The highest BCUT2D eigenvalue weighted by Crippen LogP contribution is 2.44. The summed E-state index contributed by atoms with van der Waals surface area (Å²) in [5.41, 5.74) is 2.50. The van der Waals surface area contributed by atoms with Gasteiger partial charge in [0, 0.05) is 67.1 Å². The lowest BCUT2D eigenvalue weighted by Gasteiger charge is -2.34. The molecule has 4 saturated heterocycles. The molecule has 6 heterocycles. The first kappa shape index (κ1) is 26.5. The molecule has 42 heavy (non-hydrogen) atoms. The second-order valence-corrected chi connectivity index (χ2v) is 13.1. The van der Waals surface area contributed by atoms with Gasteiger partial charge in [0.25, 0.3) is 0 Å². The zero-order valence-electron chi connectivity index (χ0n) is 23.8. The number of benzene rings is 2. The van der Waals surface area contributed by atoms with Crippen molar-refractivity contribution in [3.8, 4) is 17.1 Å². The summed E-state index contributed by atoms with van der Waals surface area (Å²) in [4.78, 5) is 14.0. The maximum absolute atomic E-state index is 16.9. The van der Waals surface area contributed by atoms with Crippen LogP contribution in [0.25, 0.3) is 32.9 Å². The number of hydrogen-bond donors (Lipinski definition) is 1. The molecule has 11 heteroatoms. The molecule has 0 amide bonds. The number of ether oxygens (including phenoxy) is 1. The molecule has 0 spiro atoms. The molecule has 2 bridgehead atoms. The summed E-state index contributed by atoms with van der Waals surface area (Å²) in [6.45, 7) is 5.05. The Hall–Kier alpha value is -3.08. The summed E-state index contributed by atoms with van der Waals surface area (Å²) in [6, 6.07) is 6.57. The number of fused-ring (bicyclic) bond motifs is 5. The van der Waals surface area contributed by atoms with Crippen LogP contribution in [-0.2, 0) is 7.05 Å². The quantitative estimate of drug-likeness (QED) is 0.342. The molecule has 0 radical (unpaired) electrons. The SMILES string of the molecule is Cc1ccc2cnn(C)c2c1-c1c(Cl)cc2c(N3CC4CCC(C3)N4)nc(OC[C@@]34CCCN3C[C@H](F)C4)nc2c1F. The normalized spacial score (nSPS) is 27.5. The molecule has 2 aromatic heterocycles. The van der Waals surface area contributed by atoms with E-state index >= 15 is 4.39 Å². The Morgan fingerprint density at radius 3 is 2.76 bits per heavy atom. The Morgan fingerprint density at radius 1 is 1.14 bits per heavy atom. The van der Waals surface area contributed by atoms with Gasteiger partial charge in [0.05, 0.1) is 22.3 Å². The Balaban J connectivity index is 1.28. The van der Waals surface area contributed by atoms with Crippen molar-refractivity contribution in [2.24, 2.45) is 7.05 Å². The molecule has 220 valence electrons. The number of alkyl halides is 1. The van der Waals surface area contributed by atoms with E-state index in [1.165, 1.54) is 0 Å². The minimum absolute atomic E-state index is 0.120. The van der Waals surface area contributed by atoms with Gasteiger partial charge in [-0.15, -0.1) is 0 Å². The first-order chi connectivity index (χ1) is 20.3. The van der Waals surface area contributed by atoms with Crippen molar-refractivity contribution in [2.45, 2.75) is 62.8 Å². The fraction of sp³-hybridized carbons (Fsp3) is 0.516. The van der Waals surface area contributed by atoms with Crippen molar-refractivity contribution in [1.29, 1.82) is 0 Å². The third kappa shape index (κ3) is 4.09. The predicted octanol–water partition coefficient (Wildman–Crippen LogP) is 5.18. The highest BCUT2D eigenvalue weighted by atomic mass is 35.5. The van der Waals surface area contributed by atoms with Crippen LogP contribution >= 0.6 is 11.6 Å². The third-order valence-electron chi connectivity index (χ3n) is 9.95. The second kappa shape index (κ2) is 9.72. The molecule has 8 rings (SSSR count). The highest BCUT2D eigenvalue weighted by Gasteiger charge is 2.49. The number of nitrogens with zero attached hydrogens (tertiary/aromatic N) is 6. The lowest BCUT2D eigenvalue weighted by Crippen LogP contribution is -2.51. The molecule has 2 unspecified atom stereocenters. The van der Waals surface area contributed by atoms with Gasteiger partial charge in [0.15, 0.2) is 5.82 Å². The van der Waals surface area contributed by atoms with E-state index in [-0.39, 0.29) is 23.7 Å². The molecule has 0 aliphatic carbocycles. The van der Waals surface area contributed by atoms with E-state index in [4.69, 9.17) is 21.3 Å². The first-order valence-corrected chi connectivity index (χ1v) is 15.3. The minimum atomic E-state index is -0.863. The molecule has 1 N–H and O–H groups in total. The summed E-state index contributed by atoms with van der Waals surface area (Å²) >= 11 is 6.95. The lowest BCUT2D eigenvalue weighted by molar-refractivity contribution is 0.107. The van der Waals surface area contributed by atoms with Crippen molar-refractivity contribution >= 4 is 39.2 Å². The molecule has 2 aromatic carbocycles. The van der Waals surface area contributed by atoms with E-state index in [0.717, 1.165) is 61.8 Å². The predicted molar refractivity (Wildman–Crippen MR) is 160 cm³/mol. The standard InChI is InChI=1S/C31H34ClF2N7O/c1-17-4-5-18-12-35-39(2)28(18)24(17)25-23(32)10-22-27(26(25)34)37-30(38-29(22)40-14-20-6-7-21(15-40)36-20)42-16-31-8-3-9-41(31)13-19(33)11-31/h4-5,10,12,19-21,36H,3,6-9,11,13-16H2,1-2H3/t19-,20?,21?,31+/m1/s1. The fourth-order valence-electron chi connectivity index (χ4n) is 8.00. The molecule has 4 aliphatic rings. The molecule has 8 nitrogen and oxygen atoms in total. The highest BCUT2D eigenvalue weighted by molar-refractivity contribution is 6.35. The van der Waals surface area contributed by atoms with Gasteiger partial charge in [-0.25, -0.2) is 8.78 Å². The zero-order chi connectivity index (χ0) is 28.7. The van der Waals surface area contributed by atoms with Crippen LogP contribution < -0.4 is 15.0 Å². The fourth-order valence-corrected chi connectivity index (χ4v) is 8.28. The lowest BCUT2D eigenvalue weighted by atomic mass is 9.95. The number of nitrogens with one attached hydrogen (secondary N) is 1. The van der Waals surface area contributed by atoms with Crippen LogP contribution in [0.3, 0.4) is 0 Å². The maximum atomic E-state index is 16.9. The number of rotatable bonds is 5. The van der Waals surface area contributed by atoms with Gasteiger partial charge in [-0.1, -0.05) is 23.7 Å². The number of hydrogen-bond acceptors (Lipinski definition) is 7. The van der Waals surface area contributed by atoms with Crippen molar-refractivity contribution in [1.82, 2.24) is 30.0 Å². The summed E-state index contributed by atoms with van der Waals surface area (Å²) in [6.07, 6.45) is 5.44. The van der Waals surface area contributed by atoms with Gasteiger partial charge in [-0.3, -0.25) is 9.58 Å². The van der Waals surface area contributed by atoms with Crippen molar-refractivity contribution in [2.75, 3.05) is 37.7 Å². The average Bonchev–Trinajstić information content (AvgIpc) is 3.70. The number of aromatic nitrogens is 4.